The van der Waals surface area contributed by atoms with Crippen LogP contribution in [0.15, 0.2) is 48.7 Å². The molecule has 0 saturated heterocycles. The molecule has 2 N–H and O–H groups in total. The standard InChI is InChI=1S/C18H19FN2O/c1-12(2)21-10-13(17-9-15(20)5-8-18(17)21)11-22-16-6-3-14(19)4-7-16/h3-10,12H,11,20H2,1-2H3. The van der Waals surface area contributed by atoms with E-state index in [4.69, 9.17) is 10.5 Å². The highest BCUT2D eigenvalue weighted by Crippen LogP contribution is 2.27. The predicted octanol–water partition coefficient (Wildman–Crippen LogP) is 4.52. The number of halogens is 1. The molecule has 0 aliphatic carbocycles. The average molecular weight is 298 g/mol. The number of fused-ring (bicyclic) bond motifs is 1. The molecule has 4 heteroatoms. The van der Waals surface area contributed by atoms with Gasteiger partial charge in [-0.25, -0.2) is 4.39 Å². The number of ether oxygens (including phenoxy) is 1. The summed E-state index contributed by atoms with van der Waals surface area (Å²) >= 11 is 0. The first-order valence-corrected chi connectivity index (χ1v) is 7.32. The number of benzene rings is 2. The molecule has 3 rings (SSSR count). The van der Waals surface area contributed by atoms with Gasteiger partial charge >= 0.3 is 0 Å². The third-order valence-corrected chi connectivity index (χ3v) is 3.70. The van der Waals surface area contributed by atoms with Crippen molar-refractivity contribution in [3.05, 3.63) is 60.0 Å². The summed E-state index contributed by atoms with van der Waals surface area (Å²) in [5.41, 5.74) is 8.85. The molecule has 0 saturated carbocycles. The van der Waals surface area contributed by atoms with Crippen molar-refractivity contribution in [3.63, 3.8) is 0 Å². The largest absolute Gasteiger partial charge is 0.489 e. The molecular formula is C18H19FN2O. The zero-order valence-corrected chi connectivity index (χ0v) is 12.7. The van der Waals surface area contributed by atoms with Crippen LogP contribution < -0.4 is 10.5 Å². The van der Waals surface area contributed by atoms with Crippen LogP contribution in [-0.2, 0) is 6.61 Å². The first-order valence-electron chi connectivity index (χ1n) is 7.32. The minimum Gasteiger partial charge on any atom is -0.489 e. The maximum absolute atomic E-state index is 12.9. The molecule has 22 heavy (non-hydrogen) atoms. The Labute approximate surface area is 129 Å². The molecule has 114 valence electrons. The van der Waals surface area contributed by atoms with Crippen molar-refractivity contribution in [2.75, 3.05) is 5.73 Å². The molecule has 2 aromatic carbocycles. The molecule has 1 heterocycles. The van der Waals surface area contributed by atoms with E-state index in [0.29, 0.717) is 18.4 Å². The Bertz CT molecular complexity index is 791. The zero-order valence-electron chi connectivity index (χ0n) is 12.7. The normalized spacial score (nSPS) is 11.3. The number of nitrogens with two attached hydrogens (primary N) is 1. The van der Waals surface area contributed by atoms with E-state index in [2.05, 4.69) is 24.6 Å². The third-order valence-electron chi connectivity index (χ3n) is 3.70. The molecule has 0 amide bonds. The van der Waals surface area contributed by atoms with E-state index in [1.165, 1.54) is 12.1 Å². The minimum absolute atomic E-state index is 0.267. The van der Waals surface area contributed by atoms with Gasteiger partial charge in [0.05, 0.1) is 0 Å². The maximum Gasteiger partial charge on any atom is 0.123 e. The van der Waals surface area contributed by atoms with Crippen LogP contribution in [0.4, 0.5) is 10.1 Å². The Balaban J connectivity index is 1.92. The van der Waals surface area contributed by atoms with Crippen LogP contribution in [0.5, 0.6) is 5.75 Å². The summed E-state index contributed by atoms with van der Waals surface area (Å²) < 4.78 is 20.9. The van der Waals surface area contributed by atoms with Crippen LogP contribution in [0, 0.1) is 5.82 Å². The summed E-state index contributed by atoms with van der Waals surface area (Å²) in [6.07, 6.45) is 2.10. The Morgan fingerprint density at radius 3 is 2.55 bits per heavy atom. The van der Waals surface area contributed by atoms with Crippen molar-refractivity contribution >= 4 is 16.6 Å². The second kappa shape index (κ2) is 5.72. The number of nitrogen functional groups attached to an aromatic ring is 1. The average Bonchev–Trinajstić information content (AvgIpc) is 2.85. The van der Waals surface area contributed by atoms with E-state index in [0.717, 1.165) is 22.2 Å². The highest BCUT2D eigenvalue weighted by Gasteiger charge is 2.11. The quantitative estimate of drug-likeness (QED) is 0.719. The molecule has 0 aliphatic rings. The van der Waals surface area contributed by atoms with Gasteiger partial charge < -0.3 is 15.0 Å². The van der Waals surface area contributed by atoms with E-state index >= 15 is 0 Å². The van der Waals surface area contributed by atoms with Gasteiger partial charge in [0.1, 0.15) is 18.2 Å². The summed E-state index contributed by atoms with van der Waals surface area (Å²) in [5.74, 6) is 0.382. The van der Waals surface area contributed by atoms with Gasteiger partial charge in [-0.2, -0.15) is 0 Å². The van der Waals surface area contributed by atoms with Gasteiger partial charge in [-0.15, -0.1) is 0 Å². The van der Waals surface area contributed by atoms with Crippen molar-refractivity contribution in [2.24, 2.45) is 0 Å². The van der Waals surface area contributed by atoms with Crippen molar-refractivity contribution in [1.82, 2.24) is 4.57 Å². The number of rotatable bonds is 4. The maximum atomic E-state index is 12.9. The summed E-state index contributed by atoms with van der Waals surface area (Å²) in [7, 11) is 0. The van der Waals surface area contributed by atoms with Gasteiger partial charge in [-0.05, 0) is 56.3 Å². The van der Waals surface area contributed by atoms with Crippen LogP contribution >= 0.6 is 0 Å². The SMILES string of the molecule is CC(C)n1cc(COc2ccc(F)cc2)c2cc(N)ccc21. The number of anilines is 1. The molecule has 0 radical (unpaired) electrons. The fraction of sp³-hybridized carbons (Fsp3) is 0.222. The summed E-state index contributed by atoms with van der Waals surface area (Å²) in [5, 5.41) is 1.09. The molecule has 3 nitrogen and oxygen atoms in total. The minimum atomic E-state index is -0.267. The number of nitrogens with zero attached hydrogens (tertiary/aromatic N) is 1. The van der Waals surface area contributed by atoms with Crippen LogP contribution in [0.1, 0.15) is 25.5 Å². The molecular weight excluding hydrogens is 279 g/mol. The lowest BCUT2D eigenvalue weighted by atomic mass is 10.1. The lowest BCUT2D eigenvalue weighted by Gasteiger charge is -2.08. The van der Waals surface area contributed by atoms with E-state index in [9.17, 15) is 4.39 Å². The van der Waals surface area contributed by atoms with Gasteiger partial charge in [0.2, 0.25) is 0 Å². The van der Waals surface area contributed by atoms with Crippen LogP contribution in [0.25, 0.3) is 10.9 Å². The van der Waals surface area contributed by atoms with Crippen molar-refractivity contribution in [1.29, 1.82) is 0 Å². The van der Waals surface area contributed by atoms with Gasteiger partial charge in [0, 0.05) is 34.4 Å². The predicted molar refractivity (Wildman–Crippen MR) is 87.5 cm³/mol. The van der Waals surface area contributed by atoms with E-state index in [-0.39, 0.29) is 5.82 Å². The second-order valence-corrected chi connectivity index (χ2v) is 5.67. The zero-order chi connectivity index (χ0) is 15.7. The van der Waals surface area contributed by atoms with Crippen LogP contribution in [0.3, 0.4) is 0 Å². The number of hydrogen-bond acceptors (Lipinski definition) is 2. The molecule has 0 spiro atoms. The van der Waals surface area contributed by atoms with Gasteiger partial charge in [-0.3, -0.25) is 0 Å². The van der Waals surface area contributed by atoms with Gasteiger partial charge in [0.25, 0.3) is 0 Å². The van der Waals surface area contributed by atoms with Crippen molar-refractivity contribution in [2.45, 2.75) is 26.5 Å². The topological polar surface area (TPSA) is 40.2 Å². The highest BCUT2D eigenvalue weighted by molar-refractivity contribution is 5.87. The van der Waals surface area contributed by atoms with E-state index in [1.807, 2.05) is 18.2 Å². The third kappa shape index (κ3) is 2.77. The lowest BCUT2D eigenvalue weighted by molar-refractivity contribution is 0.306. The Kier molecular flexibility index (Phi) is 3.75. The molecule has 0 atom stereocenters. The smallest absolute Gasteiger partial charge is 0.123 e. The number of hydrogen-bond donors (Lipinski definition) is 1. The fourth-order valence-electron chi connectivity index (χ4n) is 2.58. The molecule has 0 bridgehead atoms. The summed E-state index contributed by atoms with van der Waals surface area (Å²) in [6.45, 7) is 4.70. The Morgan fingerprint density at radius 1 is 1.14 bits per heavy atom. The number of aromatic nitrogens is 1. The lowest BCUT2D eigenvalue weighted by Crippen LogP contribution is -1.98. The fourth-order valence-corrected chi connectivity index (χ4v) is 2.58. The van der Waals surface area contributed by atoms with E-state index < -0.39 is 0 Å². The van der Waals surface area contributed by atoms with Crippen LogP contribution in [0.2, 0.25) is 0 Å². The second-order valence-electron chi connectivity index (χ2n) is 5.67. The van der Waals surface area contributed by atoms with Gasteiger partial charge in [-0.1, -0.05) is 0 Å². The van der Waals surface area contributed by atoms with Crippen molar-refractivity contribution < 1.29 is 9.13 Å². The molecule has 1 aromatic heterocycles. The highest BCUT2D eigenvalue weighted by atomic mass is 19.1. The molecule has 0 unspecified atom stereocenters. The monoisotopic (exact) mass is 298 g/mol. The molecule has 0 aliphatic heterocycles. The molecule has 0 fully saturated rings. The Morgan fingerprint density at radius 2 is 1.86 bits per heavy atom. The van der Waals surface area contributed by atoms with Gasteiger partial charge in [0.15, 0.2) is 0 Å². The van der Waals surface area contributed by atoms with E-state index in [1.54, 1.807) is 12.1 Å². The molecule has 3 aromatic rings. The summed E-state index contributed by atoms with van der Waals surface area (Å²) in [6, 6.07) is 12.3. The first kappa shape index (κ1) is 14.4. The van der Waals surface area contributed by atoms with Crippen molar-refractivity contribution in [3.8, 4) is 5.75 Å². The first-order chi connectivity index (χ1) is 10.5. The van der Waals surface area contributed by atoms with Crippen LogP contribution in [-0.4, -0.2) is 4.57 Å². The summed E-state index contributed by atoms with van der Waals surface area (Å²) in [4.78, 5) is 0. The Hall–Kier alpha value is -2.49.